The van der Waals surface area contributed by atoms with Crippen LogP contribution in [0.1, 0.15) is 84.5 Å². The molecule has 0 heterocycles. The maximum Gasteiger partial charge on any atom is 0.142 e. The van der Waals surface area contributed by atoms with Crippen molar-refractivity contribution in [2.45, 2.75) is 102 Å². The molecule has 3 N–H and O–H groups in total. The zero-order chi connectivity index (χ0) is 21.3. The minimum atomic E-state index is -0.928. The van der Waals surface area contributed by atoms with Crippen molar-refractivity contribution >= 4 is 11.5 Å². The van der Waals surface area contributed by atoms with Crippen LogP contribution in [0.4, 0.5) is 0 Å². The maximum atomic E-state index is 12.6. The van der Waals surface area contributed by atoms with Gasteiger partial charge in [-0.15, -0.1) is 0 Å². The lowest BCUT2D eigenvalue weighted by molar-refractivity contribution is -0.161. The summed E-state index contributed by atoms with van der Waals surface area (Å²) in [5, 5.41) is 16.5. The number of rotatable bonds is 2. The Morgan fingerprint density at radius 2 is 1.93 bits per heavy atom. The van der Waals surface area contributed by atoms with Crippen LogP contribution in [0, 0.1) is 28.6 Å². The van der Waals surface area contributed by atoms with Crippen molar-refractivity contribution in [2.75, 3.05) is 0 Å². The van der Waals surface area contributed by atoms with Crippen LogP contribution < -0.4 is 5.73 Å². The number of carbonyl (C=O) groups is 1. The van der Waals surface area contributed by atoms with Gasteiger partial charge in [0, 0.05) is 29.7 Å². The molecule has 0 radical (unpaired) electrons. The van der Waals surface area contributed by atoms with E-state index in [0.29, 0.717) is 30.0 Å². The van der Waals surface area contributed by atoms with E-state index in [-0.39, 0.29) is 23.0 Å². The molecular weight excluding hydrogens is 376 g/mol. The Hall–Kier alpha value is -1.20. The van der Waals surface area contributed by atoms with Crippen LogP contribution in [0.2, 0.25) is 0 Å². The van der Waals surface area contributed by atoms with Gasteiger partial charge in [0.25, 0.3) is 0 Å². The molecule has 166 valence electrons. The van der Waals surface area contributed by atoms with Gasteiger partial charge in [-0.2, -0.15) is 0 Å². The van der Waals surface area contributed by atoms with E-state index in [1.807, 2.05) is 0 Å². The third-order valence-electron chi connectivity index (χ3n) is 10.2. The Morgan fingerprint density at radius 1 is 1.13 bits per heavy atom. The second-order valence-corrected chi connectivity index (χ2v) is 11.5. The van der Waals surface area contributed by atoms with E-state index >= 15 is 0 Å². The summed E-state index contributed by atoms with van der Waals surface area (Å²) in [7, 11) is 0. The first-order chi connectivity index (χ1) is 14.2. The van der Waals surface area contributed by atoms with Crippen molar-refractivity contribution in [3.05, 3.63) is 12.2 Å². The predicted octanol–water partition coefficient (Wildman–Crippen LogP) is 4.13. The van der Waals surface area contributed by atoms with E-state index in [1.165, 1.54) is 0 Å². The predicted molar refractivity (Wildman–Crippen MR) is 117 cm³/mol. The molecule has 8 atom stereocenters. The first-order valence-corrected chi connectivity index (χ1v) is 12.1. The average molecular weight is 415 g/mol. The standard InChI is InChI=1S/C25H38N2O3/c1-15-13-17-18-7-8-22(28)23(18,2)11-10-19(17)24(3)12-9-16(14-25(15,24)29)27-30-21-6-4-5-20(21)26/h17-21,29H,1,4-14,26H2,2-3H3/t17-,18-,19-,20?,21?,23-,24+,25-/m0/s1. The third-order valence-corrected chi connectivity index (χ3v) is 10.2. The number of hydrogen-bond acceptors (Lipinski definition) is 5. The minimum Gasteiger partial charge on any atom is -0.391 e. The molecule has 0 amide bonds. The van der Waals surface area contributed by atoms with Crippen molar-refractivity contribution in [3.63, 3.8) is 0 Å². The third kappa shape index (κ3) is 2.73. The number of nitrogens with zero attached hydrogens (tertiary/aromatic N) is 1. The highest BCUT2D eigenvalue weighted by atomic mass is 16.6. The SMILES string of the molecule is C=C1C[C@H]2[C@@H]3CCC(=O)[C@@]3(C)CC[C@@H]2[C@@]2(C)CCC(=NOC3CCCC3N)C[C@]12O. The Labute approximate surface area is 180 Å². The van der Waals surface area contributed by atoms with Crippen molar-refractivity contribution in [2.24, 2.45) is 39.5 Å². The fourth-order valence-electron chi connectivity index (χ4n) is 8.11. The normalized spacial score (nSPS) is 52.1. The van der Waals surface area contributed by atoms with Crippen molar-refractivity contribution in [1.82, 2.24) is 0 Å². The lowest BCUT2D eigenvalue weighted by Gasteiger charge is -2.63. The fraction of sp³-hybridized carbons (Fsp3) is 0.840. The molecule has 0 aromatic heterocycles. The number of fused-ring (bicyclic) bond motifs is 5. The second kappa shape index (κ2) is 6.90. The molecule has 30 heavy (non-hydrogen) atoms. The average Bonchev–Trinajstić information content (AvgIpc) is 3.25. The summed E-state index contributed by atoms with van der Waals surface area (Å²) in [5.41, 5.74) is 6.73. The molecule has 0 saturated heterocycles. The number of aliphatic hydroxyl groups is 1. The molecule has 2 unspecified atom stereocenters. The number of ketones is 1. The number of oxime groups is 1. The minimum absolute atomic E-state index is 0.00955. The molecule has 5 aliphatic rings. The molecule has 0 spiro atoms. The lowest BCUT2D eigenvalue weighted by Crippen LogP contribution is -2.63. The first-order valence-electron chi connectivity index (χ1n) is 12.1. The van der Waals surface area contributed by atoms with Crippen molar-refractivity contribution < 1.29 is 14.7 Å². The van der Waals surface area contributed by atoms with Gasteiger partial charge < -0.3 is 15.7 Å². The van der Waals surface area contributed by atoms with Gasteiger partial charge in [0.2, 0.25) is 0 Å². The van der Waals surface area contributed by atoms with E-state index < -0.39 is 5.60 Å². The molecule has 5 heteroatoms. The molecule has 5 saturated carbocycles. The van der Waals surface area contributed by atoms with Gasteiger partial charge >= 0.3 is 0 Å². The molecule has 5 fully saturated rings. The van der Waals surface area contributed by atoms with Crippen LogP contribution in [0.25, 0.3) is 0 Å². The number of Topliss-reactive ketones (excluding diaryl/α,β-unsaturated/α-hetero) is 1. The van der Waals surface area contributed by atoms with Gasteiger partial charge in [-0.25, -0.2) is 0 Å². The smallest absolute Gasteiger partial charge is 0.142 e. The van der Waals surface area contributed by atoms with E-state index in [2.05, 4.69) is 25.6 Å². The summed E-state index contributed by atoms with van der Waals surface area (Å²) in [4.78, 5) is 18.5. The molecule has 0 aliphatic heterocycles. The van der Waals surface area contributed by atoms with Gasteiger partial charge in [-0.1, -0.05) is 25.6 Å². The highest BCUT2D eigenvalue weighted by Gasteiger charge is 2.65. The quantitative estimate of drug-likeness (QED) is 0.525. The topological polar surface area (TPSA) is 84.9 Å². The van der Waals surface area contributed by atoms with E-state index in [4.69, 9.17) is 10.6 Å². The van der Waals surface area contributed by atoms with Crippen LogP contribution in [0.5, 0.6) is 0 Å². The zero-order valence-electron chi connectivity index (χ0n) is 18.7. The van der Waals surface area contributed by atoms with Crippen LogP contribution >= 0.6 is 0 Å². The molecule has 0 aromatic rings. The molecule has 5 aliphatic carbocycles. The molecular formula is C25H38N2O3. The van der Waals surface area contributed by atoms with E-state index in [0.717, 1.165) is 75.5 Å². The first kappa shape index (κ1) is 20.7. The summed E-state index contributed by atoms with van der Waals surface area (Å²) < 4.78 is 0. The monoisotopic (exact) mass is 414 g/mol. The Balaban J connectivity index is 1.39. The number of carbonyl (C=O) groups excluding carboxylic acids is 1. The second-order valence-electron chi connectivity index (χ2n) is 11.5. The van der Waals surface area contributed by atoms with Gasteiger partial charge in [-0.05, 0) is 81.1 Å². The highest BCUT2D eigenvalue weighted by molar-refractivity contribution is 5.88. The Bertz CT molecular complexity index is 793. The van der Waals surface area contributed by atoms with Gasteiger partial charge in [0.05, 0.1) is 11.3 Å². The number of nitrogens with two attached hydrogens (primary N) is 1. The Kier molecular flexibility index (Phi) is 4.76. The van der Waals surface area contributed by atoms with Crippen LogP contribution in [0.15, 0.2) is 17.3 Å². The zero-order valence-corrected chi connectivity index (χ0v) is 18.7. The maximum absolute atomic E-state index is 12.6. The lowest BCUT2D eigenvalue weighted by atomic mass is 9.43. The van der Waals surface area contributed by atoms with Gasteiger partial charge in [0.15, 0.2) is 0 Å². The molecule has 5 nitrogen and oxygen atoms in total. The van der Waals surface area contributed by atoms with Crippen molar-refractivity contribution in [3.8, 4) is 0 Å². The molecule has 0 bridgehead atoms. The van der Waals surface area contributed by atoms with Gasteiger partial charge in [0.1, 0.15) is 11.9 Å². The van der Waals surface area contributed by atoms with E-state index in [9.17, 15) is 9.90 Å². The van der Waals surface area contributed by atoms with Crippen LogP contribution in [-0.2, 0) is 9.63 Å². The number of hydrogen-bond donors (Lipinski definition) is 2. The summed E-state index contributed by atoms with van der Waals surface area (Å²) >= 11 is 0. The van der Waals surface area contributed by atoms with Crippen LogP contribution in [0.3, 0.4) is 0 Å². The van der Waals surface area contributed by atoms with E-state index in [1.54, 1.807) is 0 Å². The largest absolute Gasteiger partial charge is 0.391 e. The van der Waals surface area contributed by atoms with Gasteiger partial charge in [-0.3, -0.25) is 4.79 Å². The summed E-state index contributed by atoms with van der Waals surface area (Å²) in [5.74, 6) is 1.83. The summed E-state index contributed by atoms with van der Waals surface area (Å²) in [6.07, 6.45) is 9.95. The Morgan fingerprint density at radius 3 is 2.67 bits per heavy atom. The van der Waals surface area contributed by atoms with Crippen LogP contribution in [-0.4, -0.2) is 34.3 Å². The fourth-order valence-corrected chi connectivity index (χ4v) is 8.11. The molecule has 0 aromatic carbocycles. The summed E-state index contributed by atoms with van der Waals surface area (Å²) in [6.45, 7) is 8.87. The molecule has 5 rings (SSSR count). The highest BCUT2D eigenvalue weighted by Crippen LogP contribution is 2.67. The summed E-state index contributed by atoms with van der Waals surface area (Å²) in [6, 6.07) is 0.0716. The van der Waals surface area contributed by atoms with Crippen molar-refractivity contribution in [1.29, 1.82) is 0 Å².